The van der Waals surface area contributed by atoms with Gasteiger partial charge in [-0.1, -0.05) is 48.5 Å². The Morgan fingerprint density at radius 1 is 0.793 bits per heavy atom. The summed E-state index contributed by atoms with van der Waals surface area (Å²) in [5.41, 5.74) is 3.00. The SMILES string of the molecule is O=C(NCc1cccnc1)C(NCc1ccncc1)c1cccc2ccccc12. The van der Waals surface area contributed by atoms with Crippen molar-refractivity contribution in [2.75, 3.05) is 0 Å². The highest BCUT2D eigenvalue weighted by Gasteiger charge is 2.22. The molecule has 2 aromatic heterocycles. The fourth-order valence-electron chi connectivity index (χ4n) is 3.36. The number of benzene rings is 2. The van der Waals surface area contributed by atoms with Gasteiger partial charge in [-0.3, -0.25) is 20.1 Å². The van der Waals surface area contributed by atoms with Crippen molar-refractivity contribution in [3.8, 4) is 0 Å². The minimum atomic E-state index is -0.481. The van der Waals surface area contributed by atoms with E-state index in [2.05, 4.69) is 38.8 Å². The summed E-state index contributed by atoms with van der Waals surface area (Å²) in [4.78, 5) is 21.3. The van der Waals surface area contributed by atoms with Gasteiger partial charge in [0.05, 0.1) is 0 Å². The molecule has 0 aliphatic rings. The Morgan fingerprint density at radius 3 is 2.45 bits per heavy atom. The number of nitrogens with one attached hydrogen (secondary N) is 2. The van der Waals surface area contributed by atoms with Gasteiger partial charge >= 0.3 is 0 Å². The van der Waals surface area contributed by atoms with Crippen LogP contribution < -0.4 is 10.6 Å². The van der Waals surface area contributed by atoms with E-state index in [1.165, 1.54) is 0 Å². The van der Waals surface area contributed by atoms with E-state index >= 15 is 0 Å². The molecule has 0 aliphatic carbocycles. The van der Waals surface area contributed by atoms with Gasteiger partial charge in [0.2, 0.25) is 5.91 Å². The number of aromatic nitrogens is 2. The van der Waals surface area contributed by atoms with E-state index in [1.54, 1.807) is 24.8 Å². The van der Waals surface area contributed by atoms with Crippen molar-refractivity contribution in [1.82, 2.24) is 20.6 Å². The molecule has 0 fully saturated rings. The van der Waals surface area contributed by atoms with E-state index in [9.17, 15) is 4.79 Å². The van der Waals surface area contributed by atoms with E-state index in [1.807, 2.05) is 48.5 Å². The van der Waals surface area contributed by atoms with Crippen LogP contribution in [0.4, 0.5) is 0 Å². The van der Waals surface area contributed by atoms with Gasteiger partial charge in [0.25, 0.3) is 0 Å². The first-order valence-electron chi connectivity index (χ1n) is 9.58. The summed E-state index contributed by atoms with van der Waals surface area (Å²) in [5, 5.41) is 8.65. The Kier molecular flexibility index (Phi) is 5.88. The Balaban J connectivity index is 1.60. The van der Waals surface area contributed by atoms with Gasteiger partial charge in [0, 0.05) is 37.9 Å². The lowest BCUT2D eigenvalue weighted by Gasteiger charge is -2.21. The number of hydrogen-bond donors (Lipinski definition) is 2. The molecule has 2 aromatic carbocycles. The number of nitrogens with zero attached hydrogens (tertiary/aromatic N) is 2. The van der Waals surface area contributed by atoms with Gasteiger partial charge in [0.15, 0.2) is 0 Å². The third kappa shape index (κ3) is 4.65. The second kappa shape index (κ2) is 9.08. The fourth-order valence-corrected chi connectivity index (χ4v) is 3.36. The van der Waals surface area contributed by atoms with E-state index in [0.717, 1.165) is 27.5 Å². The molecule has 2 N–H and O–H groups in total. The molecule has 0 spiro atoms. The van der Waals surface area contributed by atoms with Crippen LogP contribution in [-0.4, -0.2) is 15.9 Å². The first-order valence-corrected chi connectivity index (χ1v) is 9.58. The van der Waals surface area contributed by atoms with Gasteiger partial charge in [-0.15, -0.1) is 0 Å². The largest absolute Gasteiger partial charge is 0.350 e. The summed E-state index contributed by atoms with van der Waals surface area (Å²) >= 11 is 0. The average Bonchev–Trinajstić information content (AvgIpc) is 2.79. The molecule has 0 saturated carbocycles. The van der Waals surface area contributed by atoms with Crippen LogP contribution in [0.1, 0.15) is 22.7 Å². The van der Waals surface area contributed by atoms with Crippen molar-refractivity contribution >= 4 is 16.7 Å². The first kappa shape index (κ1) is 18.8. The minimum Gasteiger partial charge on any atom is -0.350 e. The zero-order valence-corrected chi connectivity index (χ0v) is 16.0. The van der Waals surface area contributed by atoms with Crippen LogP contribution in [0.15, 0.2) is 91.5 Å². The number of hydrogen-bond acceptors (Lipinski definition) is 4. The number of fused-ring (bicyclic) bond motifs is 1. The van der Waals surface area contributed by atoms with Gasteiger partial charge in [-0.05, 0) is 45.7 Å². The predicted octanol–water partition coefficient (Wildman–Crippen LogP) is 3.78. The van der Waals surface area contributed by atoms with E-state index in [4.69, 9.17) is 0 Å². The second-order valence-corrected chi connectivity index (χ2v) is 6.82. The van der Waals surface area contributed by atoms with Crippen molar-refractivity contribution in [2.45, 2.75) is 19.1 Å². The van der Waals surface area contributed by atoms with E-state index in [-0.39, 0.29) is 5.91 Å². The predicted molar refractivity (Wildman–Crippen MR) is 114 cm³/mol. The lowest BCUT2D eigenvalue weighted by Crippen LogP contribution is -2.37. The van der Waals surface area contributed by atoms with Crippen molar-refractivity contribution in [3.63, 3.8) is 0 Å². The van der Waals surface area contributed by atoms with Crippen LogP contribution >= 0.6 is 0 Å². The molecule has 1 atom stereocenters. The maximum Gasteiger partial charge on any atom is 0.242 e. The molecule has 2 heterocycles. The zero-order chi connectivity index (χ0) is 19.9. The maximum atomic E-state index is 13.2. The lowest BCUT2D eigenvalue weighted by atomic mass is 9.97. The zero-order valence-electron chi connectivity index (χ0n) is 16.0. The highest BCUT2D eigenvalue weighted by Crippen LogP contribution is 2.25. The van der Waals surface area contributed by atoms with Crippen LogP contribution in [0.3, 0.4) is 0 Å². The fraction of sp³-hybridized carbons (Fsp3) is 0.125. The Morgan fingerprint density at radius 2 is 1.62 bits per heavy atom. The second-order valence-electron chi connectivity index (χ2n) is 6.82. The van der Waals surface area contributed by atoms with Gasteiger partial charge < -0.3 is 5.32 Å². The highest BCUT2D eigenvalue weighted by molar-refractivity contribution is 5.92. The van der Waals surface area contributed by atoms with Crippen molar-refractivity contribution in [3.05, 3.63) is 108 Å². The van der Waals surface area contributed by atoms with Crippen LogP contribution in [-0.2, 0) is 17.9 Å². The Bertz CT molecular complexity index is 1080. The van der Waals surface area contributed by atoms with Gasteiger partial charge in [-0.2, -0.15) is 0 Å². The smallest absolute Gasteiger partial charge is 0.242 e. The molecule has 0 aliphatic heterocycles. The third-order valence-electron chi connectivity index (χ3n) is 4.85. The van der Waals surface area contributed by atoms with E-state index < -0.39 is 6.04 Å². The first-order chi connectivity index (χ1) is 14.3. The van der Waals surface area contributed by atoms with Gasteiger partial charge in [0.1, 0.15) is 6.04 Å². The number of amides is 1. The number of rotatable bonds is 7. The quantitative estimate of drug-likeness (QED) is 0.511. The van der Waals surface area contributed by atoms with E-state index in [0.29, 0.717) is 13.1 Å². The van der Waals surface area contributed by atoms with Crippen LogP contribution in [0.25, 0.3) is 10.8 Å². The normalized spacial score (nSPS) is 11.9. The minimum absolute atomic E-state index is 0.0701. The molecule has 1 unspecified atom stereocenters. The van der Waals surface area contributed by atoms with Crippen LogP contribution in [0.2, 0.25) is 0 Å². The summed E-state index contributed by atoms with van der Waals surface area (Å²) in [5.74, 6) is -0.0701. The average molecular weight is 382 g/mol. The lowest BCUT2D eigenvalue weighted by molar-refractivity contribution is -0.123. The Labute approximate surface area is 169 Å². The maximum absolute atomic E-state index is 13.2. The van der Waals surface area contributed by atoms with Gasteiger partial charge in [-0.25, -0.2) is 0 Å². The molecule has 29 heavy (non-hydrogen) atoms. The summed E-state index contributed by atoms with van der Waals surface area (Å²) in [6, 6.07) is 21.4. The molecule has 0 radical (unpaired) electrons. The van der Waals surface area contributed by atoms with Crippen molar-refractivity contribution in [2.24, 2.45) is 0 Å². The molecule has 1 amide bonds. The molecular formula is C24H22N4O. The summed E-state index contributed by atoms with van der Waals surface area (Å²) in [7, 11) is 0. The molecule has 0 saturated heterocycles. The molecule has 5 heteroatoms. The standard InChI is InChI=1S/C24H22N4O/c29-24(28-17-19-5-4-12-26-15-19)23(27-16-18-10-13-25-14-11-18)22-9-3-7-20-6-1-2-8-21(20)22/h1-15,23,27H,16-17H2,(H,28,29). The molecule has 5 nitrogen and oxygen atoms in total. The van der Waals surface area contributed by atoms with Crippen molar-refractivity contribution < 1.29 is 4.79 Å². The summed E-state index contributed by atoms with van der Waals surface area (Å²) in [6.45, 7) is 1.00. The number of carbonyl (C=O) groups is 1. The van der Waals surface area contributed by atoms with Crippen molar-refractivity contribution in [1.29, 1.82) is 0 Å². The molecule has 4 aromatic rings. The molecule has 4 rings (SSSR count). The highest BCUT2D eigenvalue weighted by atomic mass is 16.2. The number of pyridine rings is 2. The summed E-state index contributed by atoms with van der Waals surface area (Å²) < 4.78 is 0. The topological polar surface area (TPSA) is 66.9 Å². The number of carbonyl (C=O) groups excluding carboxylic acids is 1. The molecule has 144 valence electrons. The monoisotopic (exact) mass is 382 g/mol. The molecular weight excluding hydrogens is 360 g/mol. The van der Waals surface area contributed by atoms with Crippen LogP contribution in [0, 0.1) is 0 Å². The third-order valence-corrected chi connectivity index (χ3v) is 4.85. The van der Waals surface area contributed by atoms with Crippen LogP contribution in [0.5, 0.6) is 0 Å². The molecule has 0 bridgehead atoms. The Hall–Kier alpha value is -3.57. The summed E-state index contributed by atoms with van der Waals surface area (Å²) in [6.07, 6.45) is 7.00.